The third-order valence-electron chi connectivity index (χ3n) is 4.35. The highest BCUT2D eigenvalue weighted by Crippen LogP contribution is 2.21. The fraction of sp³-hybridized carbons (Fsp3) is 0.579. The number of hydrogen-bond acceptors (Lipinski definition) is 4. The Hall–Kier alpha value is -1.73. The number of rotatable bonds is 11. The van der Waals surface area contributed by atoms with Crippen molar-refractivity contribution in [3.05, 3.63) is 35.5 Å². The van der Waals surface area contributed by atoms with Gasteiger partial charge < -0.3 is 5.11 Å². The van der Waals surface area contributed by atoms with Crippen LogP contribution in [0.15, 0.2) is 35.5 Å². The van der Waals surface area contributed by atoms with E-state index in [1.165, 1.54) is 18.4 Å². The minimum absolute atomic E-state index is 0.0271. The van der Waals surface area contributed by atoms with Crippen molar-refractivity contribution in [3.63, 3.8) is 0 Å². The van der Waals surface area contributed by atoms with Crippen molar-refractivity contribution >= 4 is 21.8 Å². The molecule has 26 heavy (non-hydrogen) atoms. The van der Waals surface area contributed by atoms with Gasteiger partial charge in [-0.05, 0) is 43.8 Å². The zero-order valence-electron chi connectivity index (χ0n) is 15.8. The lowest BCUT2D eigenvalue weighted by Crippen LogP contribution is -2.24. The van der Waals surface area contributed by atoms with Crippen LogP contribution in [-0.4, -0.2) is 49.4 Å². The van der Waals surface area contributed by atoms with E-state index in [9.17, 15) is 18.0 Å². The minimum Gasteiger partial charge on any atom is -0.481 e. The fourth-order valence-corrected chi connectivity index (χ4v) is 3.36. The normalized spacial score (nSPS) is 16.5. The first kappa shape index (κ1) is 22.3. The van der Waals surface area contributed by atoms with Crippen molar-refractivity contribution in [1.82, 2.24) is 4.31 Å². The van der Waals surface area contributed by atoms with Gasteiger partial charge in [0.2, 0.25) is 10.0 Å². The van der Waals surface area contributed by atoms with Crippen LogP contribution in [0, 0.1) is 5.92 Å². The Balaban J connectivity index is 2.49. The van der Waals surface area contributed by atoms with Gasteiger partial charge in [0, 0.05) is 26.1 Å². The average molecular weight is 384 g/mol. The highest BCUT2D eigenvalue weighted by Gasteiger charge is 2.16. The van der Waals surface area contributed by atoms with Crippen LogP contribution in [0.5, 0.6) is 0 Å². The second-order valence-electron chi connectivity index (χ2n) is 6.76. The molecule has 0 saturated carbocycles. The number of allylic oxidation sites excluding steroid dienone is 6. The van der Waals surface area contributed by atoms with Crippen LogP contribution in [0.4, 0.5) is 0 Å². The van der Waals surface area contributed by atoms with Crippen LogP contribution in [0.25, 0.3) is 0 Å². The third-order valence-corrected chi connectivity index (χ3v) is 6.26. The van der Waals surface area contributed by atoms with Gasteiger partial charge in [0.1, 0.15) is 0 Å². The summed E-state index contributed by atoms with van der Waals surface area (Å²) >= 11 is 0. The molecule has 0 amide bonds. The molecule has 0 aromatic rings. The van der Waals surface area contributed by atoms with Crippen LogP contribution in [-0.2, 0) is 19.6 Å². The number of carboxylic acid groups (broad SMARTS) is 1. The van der Waals surface area contributed by atoms with Crippen molar-refractivity contribution in [3.8, 4) is 0 Å². The van der Waals surface area contributed by atoms with Crippen LogP contribution in [0.1, 0.15) is 45.4 Å². The lowest BCUT2D eigenvalue weighted by Gasteiger charge is -2.12. The van der Waals surface area contributed by atoms with E-state index in [1.807, 2.05) is 24.3 Å². The van der Waals surface area contributed by atoms with E-state index in [0.717, 1.165) is 18.4 Å². The van der Waals surface area contributed by atoms with Gasteiger partial charge in [-0.1, -0.05) is 25.2 Å². The van der Waals surface area contributed by atoms with E-state index in [2.05, 4.69) is 0 Å². The highest BCUT2D eigenvalue weighted by atomic mass is 32.2. The molecule has 0 spiro atoms. The van der Waals surface area contributed by atoms with E-state index in [-0.39, 0.29) is 18.0 Å². The Morgan fingerprint density at radius 2 is 2.04 bits per heavy atom. The molecule has 0 aromatic heterocycles. The van der Waals surface area contributed by atoms with Gasteiger partial charge in [-0.15, -0.1) is 0 Å². The third kappa shape index (κ3) is 7.66. The van der Waals surface area contributed by atoms with Gasteiger partial charge in [-0.25, -0.2) is 12.7 Å². The van der Waals surface area contributed by atoms with E-state index in [4.69, 9.17) is 5.11 Å². The van der Waals surface area contributed by atoms with E-state index in [1.54, 1.807) is 6.92 Å². The number of carbonyl (C=O) groups excluding carboxylic acids is 1. The van der Waals surface area contributed by atoms with E-state index >= 15 is 0 Å². The highest BCUT2D eigenvalue weighted by molar-refractivity contribution is 7.89. The molecule has 0 saturated heterocycles. The van der Waals surface area contributed by atoms with Crippen molar-refractivity contribution in [2.24, 2.45) is 5.92 Å². The summed E-state index contributed by atoms with van der Waals surface area (Å²) in [7, 11) is -0.0981. The zero-order chi connectivity index (χ0) is 19.7. The second kappa shape index (κ2) is 10.4. The van der Waals surface area contributed by atoms with Crippen LogP contribution in [0.3, 0.4) is 0 Å². The first-order chi connectivity index (χ1) is 12.1. The van der Waals surface area contributed by atoms with Gasteiger partial charge in [0.15, 0.2) is 5.78 Å². The molecule has 0 aliphatic heterocycles. The summed E-state index contributed by atoms with van der Waals surface area (Å²) in [6.07, 6.45) is 11.0. The number of Topliss-reactive ketones (excluding diaryl/α,β-unsaturated/α-hetero) is 1. The second-order valence-corrected chi connectivity index (χ2v) is 9.06. The van der Waals surface area contributed by atoms with Gasteiger partial charge in [0.25, 0.3) is 0 Å². The number of aliphatic carboxylic acids is 1. The van der Waals surface area contributed by atoms with Crippen LogP contribution < -0.4 is 0 Å². The quantitative estimate of drug-likeness (QED) is 0.554. The maximum absolute atomic E-state index is 12.2. The molecule has 0 bridgehead atoms. The monoisotopic (exact) mass is 383 g/mol. The standard InChI is InChI=1S/C19H29NO5S/c1-15(19(22)23)11-12-18(21)17-10-7-9-16(14-17)8-5-4-6-13-26(24,25)20(2)3/h5,8,10,14-15H,4,6-7,9,11-13H2,1-3H3,(H,22,23)/b8-5-/t15-/m0/s1. The Morgan fingerprint density at radius 3 is 2.65 bits per heavy atom. The summed E-state index contributed by atoms with van der Waals surface area (Å²) in [5.74, 6) is -1.31. The number of hydrogen-bond donors (Lipinski definition) is 1. The lowest BCUT2D eigenvalue weighted by molar-refractivity contribution is -0.141. The minimum atomic E-state index is -3.15. The summed E-state index contributed by atoms with van der Waals surface area (Å²) < 4.78 is 24.6. The van der Waals surface area contributed by atoms with Gasteiger partial charge >= 0.3 is 5.97 Å². The van der Waals surface area contributed by atoms with Crippen LogP contribution >= 0.6 is 0 Å². The molecule has 6 nitrogen and oxygen atoms in total. The fourth-order valence-electron chi connectivity index (χ4n) is 2.47. The maximum Gasteiger partial charge on any atom is 0.306 e. The maximum atomic E-state index is 12.2. The molecule has 0 fully saturated rings. The predicted molar refractivity (Wildman–Crippen MR) is 102 cm³/mol. The molecule has 1 aliphatic carbocycles. The number of carboxylic acids is 1. The number of carbonyl (C=O) groups is 2. The van der Waals surface area contributed by atoms with Crippen molar-refractivity contribution in [1.29, 1.82) is 0 Å². The molecule has 1 atom stereocenters. The van der Waals surface area contributed by atoms with Crippen LogP contribution in [0.2, 0.25) is 0 Å². The van der Waals surface area contributed by atoms with Gasteiger partial charge in [0.05, 0.1) is 11.7 Å². The average Bonchev–Trinajstić information content (AvgIpc) is 2.58. The molecule has 1 N–H and O–H groups in total. The summed E-state index contributed by atoms with van der Waals surface area (Å²) in [5.41, 5.74) is 1.68. The molecule has 146 valence electrons. The van der Waals surface area contributed by atoms with Crippen molar-refractivity contribution < 1.29 is 23.1 Å². The number of nitrogens with zero attached hydrogens (tertiary/aromatic N) is 1. The Morgan fingerprint density at radius 1 is 1.35 bits per heavy atom. The summed E-state index contributed by atoms with van der Waals surface area (Å²) in [6, 6.07) is 0. The summed E-state index contributed by atoms with van der Waals surface area (Å²) in [5, 5.41) is 8.88. The first-order valence-electron chi connectivity index (χ1n) is 8.87. The molecular formula is C19H29NO5S. The molecule has 0 aromatic carbocycles. The van der Waals surface area contributed by atoms with Crippen molar-refractivity contribution in [2.75, 3.05) is 19.8 Å². The number of unbranched alkanes of at least 4 members (excludes halogenated alkanes) is 1. The van der Waals surface area contributed by atoms with Crippen molar-refractivity contribution in [2.45, 2.75) is 45.4 Å². The molecule has 7 heteroatoms. The van der Waals surface area contributed by atoms with E-state index in [0.29, 0.717) is 24.8 Å². The van der Waals surface area contributed by atoms with Gasteiger partial charge in [-0.2, -0.15) is 0 Å². The molecular weight excluding hydrogens is 354 g/mol. The molecule has 0 radical (unpaired) electrons. The number of ketones is 1. The SMILES string of the molecule is C[C@@H](CCC(=O)C1=CCCC(/C=C\CCCS(=O)(=O)N(C)C)=C1)C(=O)O. The molecule has 1 aliphatic rings. The van der Waals surface area contributed by atoms with Gasteiger partial charge in [-0.3, -0.25) is 9.59 Å². The smallest absolute Gasteiger partial charge is 0.306 e. The Kier molecular flexibility index (Phi) is 8.95. The zero-order valence-corrected chi connectivity index (χ0v) is 16.6. The molecule has 0 unspecified atom stereocenters. The van der Waals surface area contributed by atoms with E-state index < -0.39 is 21.9 Å². The lowest BCUT2D eigenvalue weighted by atomic mass is 9.93. The first-order valence-corrected chi connectivity index (χ1v) is 10.5. The predicted octanol–water partition coefficient (Wildman–Crippen LogP) is 2.93. The topological polar surface area (TPSA) is 91.8 Å². The summed E-state index contributed by atoms with van der Waals surface area (Å²) in [4.78, 5) is 23.0. The molecule has 0 heterocycles. The summed E-state index contributed by atoms with van der Waals surface area (Å²) in [6.45, 7) is 1.60. The Labute approximate surface area is 156 Å². The number of sulfonamides is 1. The Bertz CT molecular complexity index is 701. The largest absolute Gasteiger partial charge is 0.481 e. The molecule has 1 rings (SSSR count).